The van der Waals surface area contributed by atoms with Crippen LogP contribution in [0.5, 0.6) is 0 Å². The third-order valence-corrected chi connectivity index (χ3v) is 5.28. The molecule has 2 heterocycles. The first kappa shape index (κ1) is 20.3. The Labute approximate surface area is 175 Å². The van der Waals surface area contributed by atoms with Gasteiger partial charge in [-0.15, -0.1) is 0 Å². The summed E-state index contributed by atoms with van der Waals surface area (Å²) < 4.78 is 42.2. The monoisotopic (exact) mass is 434 g/mol. The zero-order chi connectivity index (χ0) is 21.5. The van der Waals surface area contributed by atoms with Gasteiger partial charge >= 0.3 is 6.18 Å². The predicted octanol–water partition coefficient (Wildman–Crippen LogP) is 5.76. The van der Waals surface area contributed by atoms with Crippen molar-refractivity contribution in [1.29, 1.82) is 0 Å². The summed E-state index contributed by atoms with van der Waals surface area (Å²) in [6, 6.07) is 11.3. The van der Waals surface area contributed by atoms with Crippen LogP contribution in [0.15, 0.2) is 54.7 Å². The molecule has 1 aromatic heterocycles. The van der Waals surface area contributed by atoms with Crippen LogP contribution in [-0.2, 0) is 0 Å². The van der Waals surface area contributed by atoms with E-state index in [1.165, 1.54) is 0 Å². The molecule has 9 heteroatoms. The Morgan fingerprint density at radius 1 is 1.23 bits per heavy atom. The number of rotatable bonds is 3. The summed E-state index contributed by atoms with van der Waals surface area (Å²) in [5.74, 6) is -0.537. The Bertz CT molecular complexity index is 1080. The van der Waals surface area contributed by atoms with Crippen LogP contribution in [0.25, 0.3) is 0 Å². The molecular formula is C21H18ClF3N4O. The zero-order valence-corrected chi connectivity index (χ0v) is 16.6. The minimum absolute atomic E-state index is 0.0287. The van der Waals surface area contributed by atoms with Crippen molar-refractivity contribution in [2.45, 2.75) is 31.6 Å². The fraction of sp³-hybridized carbons (Fsp3) is 0.238. The molecule has 2 atom stereocenters. The number of carbonyl (C=O) groups is 1. The molecule has 156 valence electrons. The van der Waals surface area contributed by atoms with Gasteiger partial charge in [-0.25, -0.2) is 4.68 Å². The van der Waals surface area contributed by atoms with E-state index < -0.39 is 24.2 Å². The fourth-order valence-electron chi connectivity index (χ4n) is 3.51. The van der Waals surface area contributed by atoms with E-state index in [4.69, 9.17) is 11.6 Å². The van der Waals surface area contributed by atoms with Gasteiger partial charge < -0.3 is 10.6 Å². The van der Waals surface area contributed by atoms with Crippen LogP contribution in [0, 0.1) is 6.92 Å². The molecule has 0 aliphatic carbocycles. The van der Waals surface area contributed by atoms with Gasteiger partial charge in [0.1, 0.15) is 11.4 Å². The average Bonchev–Trinajstić information content (AvgIpc) is 3.11. The number of hydrogen-bond donors (Lipinski definition) is 2. The van der Waals surface area contributed by atoms with Gasteiger partial charge in [-0.3, -0.25) is 4.79 Å². The number of alkyl halides is 3. The first-order chi connectivity index (χ1) is 14.2. The molecule has 0 fully saturated rings. The lowest BCUT2D eigenvalue weighted by Gasteiger charge is -2.34. The molecule has 2 aromatic carbocycles. The van der Waals surface area contributed by atoms with Crippen molar-refractivity contribution in [3.8, 4) is 0 Å². The number of amides is 1. The van der Waals surface area contributed by atoms with E-state index in [1.54, 1.807) is 36.4 Å². The van der Waals surface area contributed by atoms with Gasteiger partial charge in [0.25, 0.3) is 5.91 Å². The number of anilines is 2. The van der Waals surface area contributed by atoms with Crippen molar-refractivity contribution in [1.82, 2.24) is 9.78 Å². The molecule has 1 amide bonds. The maximum Gasteiger partial charge on any atom is 0.410 e. The number of carbonyl (C=O) groups excluding carboxylic acids is 1. The number of nitrogens with zero attached hydrogens (tertiary/aromatic N) is 2. The highest BCUT2D eigenvalue weighted by Gasteiger charge is 2.47. The quantitative estimate of drug-likeness (QED) is 0.551. The molecule has 0 spiro atoms. The molecule has 3 aromatic rings. The zero-order valence-electron chi connectivity index (χ0n) is 15.9. The largest absolute Gasteiger partial charge is 0.410 e. The summed E-state index contributed by atoms with van der Waals surface area (Å²) >= 11 is 5.93. The maximum absolute atomic E-state index is 13.8. The topological polar surface area (TPSA) is 59.0 Å². The van der Waals surface area contributed by atoms with E-state index in [1.807, 2.05) is 19.1 Å². The maximum atomic E-state index is 13.8. The fourth-order valence-corrected chi connectivity index (χ4v) is 3.70. The first-order valence-corrected chi connectivity index (χ1v) is 9.64. The number of aryl methyl sites for hydroxylation is 1. The van der Waals surface area contributed by atoms with Crippen molar-refractivity contribution in [3.63, 3.8) is 0 Å². The van der Waals surface area contributed by atoms with E-state index in [9.17, 15) is 18.0 Å². The van der Waals surface area contributed by atoms with Crippen LogP contribution >= 0.6 is 11.6 Å². The molecule has 2 N–H and O–H groups in total. The third kappa shape index (κ3) is 4.00. The van der Waals surface area contributed by atoms with Crippen LogP contribution < -0.4 is 10.6 Å². The predicted molar refractivity (Wildman–Crippen MR) is 109 cm³/mol. The van der Waals surface area contributed by atoms with E-state index in [0.29, 0.717) is 16.3 Å². The van der Waals surface area contributed by atoms with E-state index in [2.05, 4.69) is 15.7 Å². The standard InChI is InChI=1S/C21H18ClF3N4O/c1-12-5-7-13(8-6-12)17-10-18(21(23,24)25)29-19(28-17)16(11-26-29)20(30)27-15-4-2-3-14(22)9-15/h2-9,11,17-18,28H,10H2,1H3,(H,27,30)/t17-,18+/m0/s1. The normalized spacial score (nSPS) is 18.4. The Morgan fingerprint density at radius 3 is 2.63 bits per heavy atom. The summed E-state index contributed by atoms with van der Waals surface area (Å²) in [6.07, 6.45) is -3.58. The number of hydrogen-bond acceptors (Lipinski definition) is 3. The van der Waals surface area contributed by atoms with Gasteiger partial charge in [-0.1, -0.05) is 47.5 Å². The second kappa shape index (κ2) is 7.68. The molecule has 0 saturated heterocycles. The molecule has 1 aliphatic rings. The van der Waals surface area contributed by atoms with Crippen molar-refractivity contribution >= 4 is 29.0 Å². The van der Waals surface area contributed by atoms with Crippen molar-refractivity contribution < 1.29 is 18.0 Å². The summed E-state index contributed by atoms with van der Waals surface area (Å²) in [6.45, 7) is 1.91. The second-order valence-corrected chi connectivity index (χ2v) is 7.65. The molecule has 0 unspecified atom stereocenters. The molecule has 1 aliphatic heterocycles. The molecule has 5 nitrogen and oxygen atoms in total. The number of benzene rings is 2. The van der Waals surface area contributed by atoms with Crippen LogP contribution in [0.2, 0.25) is 5.02 Å². The lowest BCUT2D eigenvalue weighted by molar-refractivity contribution is -0.173. The molecule has 30 heavy (non-hydrogen) atoms. The van der Waals surface area contributed by atoms with Crippen molar-refractivity contribution in [2.24, 2.45) is 0 Å². The molecule has 4 rings (SSSR count). The number of aromatic nitrogens is 2. The Morgan fingerprint density at radius 2 is 1.97 bits per heavy atom. The van der Waals surface area contributed by atoms with Gasteiger partial charge in [-0.05, 0) is 30.7 Å². The lowest BCUT2D eigenvalue weighted by Crippen LogP contribution is -2.36. The number of halogens is 4. The SMILES string of the molecule is Cc1ccc([C@@H]2C[C@H](C(F)(F)F)n3ncc(C(=O)Nc4cccc(Cl)c4)c3N2)cc1. The van der Waals surface area contributed by atoms with E-state index in [-0.39, 0.29) is 17.8 Å². The summed E-state index contributed by atoms with van der Waals surface area (Å²) in [5.41, 5.74) is 2.18. The number of nitrogens with one attached hydrogen (secondary N) is 2. The van der Waals surface area contributed by atoms with Crippen LogP contribution in [0.1, 0.15) is 40.0 Å². The Hall–Kier alpha value is -3.00. The van der Waals surface area contributed by atoms with Gasteiger partial charge in [-0.2, -0.15) is 18.3 Å². The van der Waals surface area contributed by atoms with Gasteiger partial charge in [0.05, 0.1) is 12.2 Å². The highest BCUT2D eigenvalue weighted by Crippen LogP contribution is 2.44. The third-order valence-electron chi connectivity index (χ3n) is 5.05. The Kier molecular flexibility index (Phi) is 5.19. The van der Waals surface area contributed by atoms with Gasteiger partial charge in [0, 0.05) is 17.1 Å². The van der Waals surface area contributed by atoms with Crippen molar-refractivity contribution in [2.75, 3.05) is 10.6 Å². The first-order valence-electron chi connectivity index (χ1n) is 9.26. The summed E-state index contributed by atoms with van der Waals surface area (Å²) in [7, 11) is 0. The lowest BCUT2D eigenvalue weighted by atomic mass is 9.96. The van der Waals surface area contributed by atoms with E-state index in [0.717, 1.165) is 16.4 Å². The molecule has 0 radical (unpaired) electrons. The smallest absolute Gasteiger partial charge is 0.363 e. The highest BCUT2D eigenvalue weighted by atomic mass is 35.5. The molecule has 0 bridgehead atoms. The van der Waals surface area contributed by atoms with Crippen LogP contribution in [-0.4, -0.2) is 21.9 Å². The van der Waals surface area contributed by atoms with Crippen LogP contribution in [0.3, 0.4) is 0 Å². The minimum atomic E-state index is -4.51. The minimum Gasteiger partial charge on any atom is -0.363 e. The van der Waals surface area contributed by atoms with Gasteiger partial charge in [0.2, 0.25) is 0 Å². The highest BCUT2D eigenvalue weighted by molar-refractivity contribution is 6.31. The Balaban J connectivity index is 1.69. The molecule has 0 saturated carbocycles. The molecular weight excluding hydrogens is 417 g/mol. The average molecular weight is 435 g/mol. The second-order valence-electron chi connectivity index (χ2n) is 7.22. The summed E-state index contributed by atoms with van der Waals surface area (Å²) in [5, 5.41) is 10.0. The number of fused-ring (bicyclic) bond motifs is 1. The van der Waals surface area contributed by atoms with Crippen LogP contribution in [0.4, 0.5) is 24.7 Å². The van der Waals surface area contributed by atoms with Gasteiger partial charge in [0.15, 0.2) is 6.04 Å². The van der Waals surface area contributed by atoms with Crippen molar-refractivity contribution in [3.05, 3.63) is 76.4 Å². The van der Waals surface area contributed by atoms with E-state index >= 15 is 0 Å². The summed E-state index contributed by atoms with van der Waals surface area (Å²) in [4.78, 5) is 12.8.